The average molecular weight is 272 g/mol. The summed E-state index contributed by atoms with van der Waals surface area (Å²) in [5, 5.41) is 10.1. The molecule has 0 heterocycles. The van der Waals surface area contributed by atoms with Gasteiger partial charge in [0.15, 0.2) is 0 Å². The highest BCUT2D eigenvalue weighted by Crippen LogP contribution is 2.34. The standard InChI is InChI=1S/C20H16O/c1-2-15-8-6-7-11-18(15)17-12-13-20(21)19(14-17)16-9-4-3-5-10-16/h2-14,21H,1H2. The lowest BCUT2D eigenvalue weighted by Gasteiger charge is -2.10. The fourth-order valence-electron chi connectivity index (χ4n) is 2.49. The van der Waals surface area contributed by atoms with Gasteiger partial charge < -0.3 is 5.11 Å². The van der Waals surface area contributed by atoms with Crippen LogP contribution in [0, 0.1) is 0 Å². The molecule has 3 aromatic rings. The Labute approximate surface area is 124 Å². The second-order valence-corrected chi connectivity index (χ2v) is 4.89. The lowest BCUT2D eigenvalue weighted by molar-refractivity contribution is 0.477. The van der Waals surface area contributed by atoms with Gasteiger partial charge in [-0.3, -0.25) is 0 Å². The van der Waals surface area contributed by atoms with E-state index in [4.69, 9.17) is 0 Å². The van der Waals surface area contributed by atoms with Crippen molar-refractivity contribution in [1.29, 1.82) is 0 Å². The van der Waals surface area contributed by atoms with Gasteiger partial charge in [-0.05, 0) is 34.4 Å². The van der Waals surface area contributed by atoms with Crippen molar-refractivity contribution in [1.82, 2.24) is 0 Å². The van der Waals surface area contributed by atoms with E-state index in [0.717, 1.165) is 27.8 Å². The van der Waals surface area contributed by atoms with Crippen LogP contribution in [-0.4, -0.2) is 5.11 Å². The fourth-order valence-corrected chi connectivity index (χ4v) is 2.49. The quantitative estimate of drug-likeness (QED) is 0.679. The predicted molar refractivity (Wildman–Crippen MR) is 89.1 cm³/mol. The molecule has 0 unspecified atom stereocenters. The van der Waals surface area contributed by atoms with Crippen LogP contribution in [0.2, 0.25) is 0 Å². The first-order valence-electron chi connectivity index (χ1n) is 6.90. The Morgan fingerprint density at radius 2 is 1.43 bits per heavy atom. The summed E-state index contributed by atoms with van der Waals surface area (Å²) in [7, 11) is 0. The van der Waals surface area contributed by atoms with Gasteiger partial charge in [-0.25, -0.2) is 0 Å². The van der Waals surface area contributed by atoms with E-state index in [-0.39, 0.29) is 0 Å². The van der Waals surface area contributed by atoms with Crippen LogP contribution < -0.4 is 0 Å². The summed E-state index contributed by atoms with van der Waals surface area (Å²) in [5.41, 5.74) is 5.12. The third-order valence-electron chi connectivity index (χ3n) is 3.57. The molecular formula is C20H16O. The number of hydrogen-bond donors (Lipinski definition) is 1. The Balaban J connectivity index is 2.16. The molecule has 3 aromatic carbocycles. The summed E-state index contributed by atoms with van der Waals surface area (Å²) < 4.78 is 0. The molecule has 0 spiro atoms. The maximum atomic E-state index is 10.1. The summed E-state index contributed by atoms with van der Waals surface area (Å²) in [6.45, 7) is 3.87. The first-order valence-corrected chi connectivity index (χ1v) is 6.90. The van der Waals surface area contributed by atoms with Crippen molar-refractivity contribution in [3.8, 4) is 28.0 Å². The highest BCUT2D eigenvalue weighted by molar-refractivity contribution is 5.81. The van der Waals surface area contributed by atoms with Gasteiger partial charge in [0, 0.05) is 5.56 Å². The average Bonchev–Trinajstić information content (AvgIpc) is 2.56. The van der Waals surface area contributed by atoms with Crippen molar-refractivity contribution < 1.29 is 5.11 Å². The molecule has 1 heteroatoms. The van der Waals surface area contributed by atoms with Gasteiger partial charge in [0.1, 0.15) is 5.75 Å². The summed E-state index contributed by atoms with van der Waals surface area (Å²) in [5.74, 6) is 0.293. The molecule has 0 aliphatic carbocycles. The molecule has 1 N–H and O–H groups in total. The van der Waals surface area contributed by atoms with Crippen LogP contribution in [0.3, 0.4) is 0 Å². The molecule has 0 bridgehead atoms. The molecular weight excluding hydrogens is 256 g/mol. The van der Waals surface area contributed by atoms with E-state index in [1.165, 1.54) is 0 Å². The van der Waals surface area contributed by atoms with Crippen LogP contribution in [-0.2, 0) is 0 Å². The summed E-state index contributed by atoms with van der Waals surface area (Å²) in [4.78, 5) is 0. The van der Waals surface area contributed by atoms with Crippen molar-refractivity contribution in [2.75, 3.05) is 0 Å². The van der Waals surface area contributed by atoms with E-state index in [2.05, 4.69) is 12.6 Å². The van der Waals surface area contributed by atoms with Gasteiger partial charge in [-0.2, -0.15) is 0 Å². The molecule has 21 heavy (non-hydrogen) atoms. The van der Waals surface area contributed by atoms with E-state index in [1.807, 2.05) is 66.7 Å². The van der Waals surface area contributed by atoms with Crippen molar-refractivity contribution >= 4 is 6.08 Å². The molecule has 0 saturated heterocycles. The minimum absolute atomic E-state index is 0.293. The summed E-state index contributed by atoms with van der Waals surface area (Å²) in [6, 6.07) is 23.7. The van der Waals surface area contributed by atoms with E-state index in [9.17, 15) is 5.11 Å². The molecule has 0 aliphatic rings. The van der Waals surface area contributed by atoms with Crippen molar-refractivity contribution in [2.45, 2.75) is 0 Å². The van der Waals surface area contributed by atoms with Gasteiger partial charge in [-0.15, -0.1) is 0 Å². The second-order valence-electron chi connectivity index (χ2n) is 4.89. The molecule has 0 radical (unpaired) electrons. The third kappa shape index (κ3) is 2.59. The van der Waals surface area contributed by atoms with Gasteiger partial charge >= 0.3 is 0 Å². The minimum atomic E-state index is 0.293. The number of phenols is 1. The number of phenolic OH excluding ortho intramolecular Hbond substituents is 1. The largest absolute Gasteiger partial charge is 0.507 e. The minimum Gasteiger partial charge on any atom is -0.507 e. The number of hydrogen-bond acceptors (Lipinski definition) is 1. The van der Waals surface area contributed by atoms with Crippen LogP contribution in [0.15, 0.2) is 79.4 Å². The summed E-state index contributed by atoms with van der Waals surface area (Å²) in [6.07, 6.45) is 1.85. The van der Waals surface area contributed by atoms with Crippen molar-refractivity contribution in [3.63, 3.8) is 0 Å². The van der Waals surface area contributed by atoms with E-state index < -0.39 is 0 Å². The monoisotopic (exact) mass is 272 g/mol. The van der Waals surface area contributed by atoms with Crippen molar-refractivity contribution in [3.05, 3.63) is 84.9 Å². The Kier molecular flexibility index (Phi) is 3.57. The topological polar surface area (TPSA) is 20.2 Å². The number of benzene rings is 3. The van der Waals surface area contributed by atoms with Crippen LogP contribution in [0.5, 0.6) is 5.75 Å². The predicted octanol–water partition coefficient (Wildman–Crippen LogP) is 5.37. The first-order chi connectivity index (χ1) is 10.3. The number of aromatic hydroxyl groups is 1. The Morgan fingerprint density at radius 1 is 0.714 bits per heavy atom. The number of rotatable bonds is 3. The van der Waals surface area contributed by atoms with E-state index in [1.54, 1.807) is 6.07 Å². The molecule has 3 rings (SSSR count). The molecule has 1 nitrogen and oxygen atoms in total. The Bertz CT molecular complexity index is 773. The molecule has 0 aliphatic heterocycles. The zero-order chi connectivity index (χ0) is 14.7. The molecule has 0 saturated carbocycles. The van der Waals surface area contributed by atoms with Gasteiger partial charge in [0.25, 0.3) is 0 Å². The first kappa shape index (κ1) is 13.2. The normalized spacial score (nSPS) is 10.3. The molecule has 0 amide bonds. The van der Waals surface area contributed by atoms with E-state index >= 15 is 0 Å². The Hall–Kier alpha value is -2.80. The molecule has 0 atom stereocenters. The van der Waals surface area contributed by atoms with Crippen LogP contribution >= 0.6 is 0 Å². The smallest absolute Gasteiger partial charge is 0.123 e. The molecule has 0 aromatic heterocycles. The van der Waals surface area contributed by atoms with Crippen molar-refractivity contribution in [2.24, 2.45) is 0 Å². The molecule has 0 fully saturated rings. The maximum absolute atomic E-state index is 10.1. The van der Waals surface area contributed by atoms with Crippen LogP contribution in [0.25, 0.3) is 28.3 Å². The third-order valence-corrected chi connectivity index (χ3v) is 3.57. The van der Waals surface area contributed by atoms with Crippen LogP contribution in [0.4, 0.5) is 0 Å². The molecule has 102 valence electrons. The van der Waals surface area contributed by atoms with Gasteiger partial charge in [0.05, 0.1) is 0 Å². The highest BCUT2D eigenvalue weighted by atomic mass is 16.3. The van der Waals surface area contributed by atoms with Gasteiger partial charge in [0.2, 0.25) is 0 Å². The SMILES string of the molecule is C=Cc1ccccc1-c1ccc(O)c(-c2ccccc2)c1. The lowest BCUT2D eigenvalue weighted by atomic mass is 9.95. The van der Waals surface area contributed by atoms with Gasteiger partial charge in [-0.1, -0.05) is 73.3 Å². The summed E-state index contributed by atoms with van der Waals surface area (Å²) >= 11 is 0. The maximum Gasteiger partial charge on any atom is 0.123 e. The zero-order valence-corrected chi connectivity index (χ0v) is 11.7. The fraction of sp³-hybridized carbons (Fsp3) is 0. The Morgan fingerprint density at radius 3 is 2.19 bits per heavy atom. The zero-order valence-electron chi connectivity index (χ0n) is 11.7. The van der Waals surface area contributed by atoms with E-state index in [0.29, 0.717) is 5.75 Å². The lowest BCUT2D eigenvalue weighted by Crippen LogP contribution is -1.85. The second kappa shape index (κ2) is 5.68. The highest BCUT2D eigenvalue weighted by Gasteiger charge is 2.08. The van der Waals surface area contributed by atoms with Crippen LogP contribution in [0.1, 0.15) is 5.56 Å².